The summed E-state index contributed by atoms with van der Waals surface area (Å²) in [5, 5.41) is 0. The van der Waals surface area contributed by atoms with E-state index in [9.17, 15) is 4.79 Å². The molecule has 1 heterocycles. The normalized spacial score (nSPS) is 17.2. The summed E-state index contributed by atoms with van der Waals surface area (Å²) in [6, 6.07) is 7.78. The largest absolute Gasteiger partial charge is 0.333 e. The second kappa shape index (κ2) is 4.15. The Morgan fingerprint density at radius 3 is 2.59 bits per heavy atom. The van der Waals surface area contributed by atoms with Gasteiger partial charge in [-0.3, -0.25) is 4.79 Å². The fourth-order valence-corrected chi connectivity index (χ4v) is 1.97. The lowest BCUT2D eigenvalue weighted by molar-refractivity contribution is 0.0744. The summed E-state index contributed by atoms with van der Waals surface area (Å²) in [5.41, 5.74) is 8.09. The standard InChI is InChI=1S/C14H20N2O/c1-14(2,3)12(15)9-16-8-10-6-4-5-7-11(10)13(16)17/h4-7,12H,8-9,15H2,1-3H3. The molecular formula is C14H20N2O. The Bertz CT molecular complexity index is 434. The van der Waals surface area contributed by atoms with Gasteiger partial charge >= 0.3 is 0 Å². The Hall–Kier alpha value is -1.35. The Morgan fingerprint density at radius 1 is 1.35 bits per heavy atom. The van der Waals surface area contributed by atoms with Gasteiger partial charge in [-0.1, -0.05) is 39.0 Å². The van der Waals surface area contributed by atoms with Gasteiger partial charge in [0, 0.05) is 24.7 Å². The van der Waals surface area contributed by atoms with Crippen molar-refractivity contribution in [3.8, 4) is 0 Å². The van der Waals surface area contributed by atoms with Crippen LogP contribution in [0.25, 0.3) is 0 Å². The third kappa shape index (κ3) is 2.34. The molecule has 0 fully saturated rings. The Balaban J connectivity index is 2.11. The zero-order valence-corrected chi connectivity index (χ0v) is 10.7. The minimum atomic E-state index is 0.000706. The number of fused-ring (bicyclic) bond motifs is 1. The van der Waals surface area contributed by atoms with Gasteiger partial charge in [0.05, 0.1) is 0 Å². The Kier molecular flexibility index (Phi) is 2.96. The summed E-state index contributed by atoms with van der Waals surface area (Å²) in [6.45, 7) is 7.62. The number of benzene rings is 1. The predicted octanol–water partition coefficient (Wildman–Crippen LogP) is 2.02. The molecular weight excluding hydrogens is 212 g/mol. The Labute approximate surface area is 103 Å². The van der Waals surface area contributed by atoms with E-state index in [-0.39, 0.29) is 17.4 Å². The molecule has 0 radical (unpaired) electrons. The van der Waals surface area contributed by atoms with Crippen molar-refractivity contribution >= 4 is 5.91 Å². The van der Waals surface area contributed by atoms with Gasteiger partial charge in [0.15, 0.2) is 0 Å². The maximum absolute atomic E-state index is 12.1. The van der Waals surface area contributed by atoms with E-state index in [0.717, 1.165) is 11.1 Å². The highest BCUT2D eigenvalue weighted by Gasteiger charge is 2.31. The van der Waals surface area contributed by atoms with Crippen molar-refractivity contribution in [1.82, 2.24) is 4.90 Å². The molecule has 0 bridgehead atoms. The van der Waals surface area contributed by atoms with E-state index in [1.807, 2.05) is 29.2 Å². The van der Waals surface area contributed by atoms with Gasteiger partial charge in [-0.15, -0.1) is 0 Å². The molecule has 0 spiro atoms. The zero-order chi connectivity index (χ0) is 12.6. The average molecular weight is 232 g/mol. The van der Waals surface area contributed by atoms with E-state index < -0.39 is 0 Å². The molecule has 1 aromatic carbocycles. The zero-order valence-electron chi connectivity index (χ0n) is 10.7. The molecule has 2 rings (SSSR count). The lowest BCUT2D eigenvalue weighted by atomic mass is 9.87. The third-order valence-corrected chi connectivity index (χ3v) is 3.43. The molecule has 1 atom stereocenters. The average Bonchev–Trinajstić information content (AvgIpc) is 2.55. The number of carbonyl (C=O) groups excluding carboxylic acids is 1. The van der Waals surface area contributed by atoms with Crippen molar-refractivity contribution in [2.24, 2.45) is 11.1 Å². The molecule has 0 aromatic heterocycles. The second-order valence-electron chi connectivity index (χ2n) is 5.82. The Morgan fingerprint density at radius 2 is 2.00 bits per heavy atom. The van der Waals surface area contributed by atoms with E-state index in [0.29, 0.717) is 13.1 Å². The number of hydrogen-bond acceptors (Lipinski definition) is 2. The van der Waals surface area contributed by atoms with Crippen molar-refractivity contribution in [2.75, 3.05) is 6.54 Å². The van der Waals surface area contributed by atoms with Crippen LogP contribution in [0.1, 0.15) is 36.7 Å². The molecule has 0 saturated carbocycles. The maximum Gasteiger partial charge on any atom is 0.254 e. The van der Waals surface area contributed by atoms with E-state index in [2.05, 4.69) is 20.8 Å². The first-order valence-electron chi connectivity index (χ1n) is 6.02. The molecule has 3 nitrogen and oxygen atoms in total. The number of nitrogens with zero attached hydrogens (tertiary/aromatic N) is 1. The quantitative estimate of drug-likeness (QED) is 0.848. The molecule has 1 aliphatic heterocycles. The molecule has 1 aliphatic rings. The first kappa shape index (κ1) is 12.1. The van der Waals surface area contributed by atoms with Gasteiger partial charge in [-0.25, -0.2) is 0 Å². The lowest BCUT2D eigenvalue weighted by Crippen LogP contribution is -2.45. The maximum atomic E-state index is 12.1. The van der Waals surface area contributed by atoms with Crippen molar-refractivity contribution in [1.29, 1.82) is 0 Å². The van der Waals surface area contributed by atoms with Crippen LogP contribution in [0.3, 0.4) is 0 Å². The van der Waals surface area contributed by atoms with Crippen LogP contribution in [-0.2, 0) is 6.54 Å². The fourth-order valence-electron chi connectivity index (χ4n) is 1.97. The third-order valence-electron chi connectivity index (χ3n) is 3.43. The van der Waals surface area contributed by atoms with Crippen molar-refractivity contribution in [3.63, 3.8) is 0 Å². The van der Waals surface area contributed by atoms with Crippen LogP contribution >= 0.6 is 0 Å². The summed E-state index contributed by atoms with van der Waals surface area (Å²) in [4.78, 5) is 14.0. The lowest BCUT2D eigenvalue weighted by Gasteiger charge is -2.30. The van der Waals surface area contributed by atoms with Gasteiger partial charge in [0.25, 0.3) is 5.91 Å². The van der Waals surface area contributed by atoms with Gasteiger partial charge in [-0.2, -0.15) is 0 Å². The number of hydrogen-bond donors (Lipinski definition) is 1. The first-order chi connectivity index (χ1) is 7.89. The van der Waals surface area contributed by atoms with E-state index in [1.54, 1.807) is 0 Å². The van der Waals surface area contributed by atoms with Crippen LogP contribution in [0.2, 0.25) is 0 Å². The van der Waals surface area contributed by atoms with Crippen molar-refractivity contribution in [3.05, 3.63) is 35.4 Å². The molecule has 0 aliphatic carbocycles. The SMILES string of the molecule is CC(C)(C)C(N)CN1Cc2ccccc2C1=O. The number of carbonyl (C=O) groups is 1. The highest BCUT2D eigenvalue weighted by Crippen LogP contribution is 2.25. The van der Waals surface area contributed by atoms with Gasteiger partial charge < -0.3 is 10.6 Å². The van der Waals surface area contributed by atoms with Crippen LogP contribution in [0.15, 0.2) is 24.3 Å². The molecule has 92 valence electrons. The smallest absolute Gasteiger partial charge is 0.254 e. The summed E-state index contributed by atoms with van der Waals surface area (Å²) >= 11 is 0. The molecule has 0 saturated heterocycles. The van der Waals surface area contributed by atoms with E-state index >= 15 is 0 Å². The highest BCUT2D eigenvalue weighted by atomic mass is 16.2. The second-order valence-corrected chi connectivity index (χ2v) is 5.82. The predicted molar refractivity (Wildman–Crippen MR) is 68.6 cm³/mol. The number of amides is 1. The summed E-state index contributed by atoms with van der Waals surface area (Å²) in [7, 11) is 0. The number of rotatable bonds is 2. The van der Waals surface area contributed by atoms with Crippen molar-refractivity contribution < 1.29 is 4.79 Å². The molecule has 1 amide bonds. The van der Waals surface area contributed by atoms with Crippen LogP contribution in [0, 0.1) is 5.41 Å². The minimum absolute atomic E-state index is 0.000706. The van der Waals surface area contributed by atoms with Gasteiger partial charge in [0.2, 0.25) is 0 Å². The summed E-state index contributed by atoms with van der Waals surface area (Å²) in [6.07, 6.45) is 0. The molecule has 1 aromatic rings. The minimum Gasteiger partial charge on any atom is -0.333 e. The summed E-state index contributed by atoms with van der Waals surface area (Å²) in [5.74, 6) is 0.111. The van der Waals surface area contributed by atoms with Crippen LogP contribution < -0.4 is 5.73 Å². The molecule has 17 heavy (non-hydrogen) atoms. The highest BCUT2D eigenvalue weighted by molar-refractivity contribution is 5.98. The topological polar surface area (TPSA) is 46.3 Å². The van der Waals surface area contributed by atoms with Crippen LogP contribution in [0.4, 0.5) is 0 Å². The molecule has 3 heteroatoms. The van der Waals surface area contributed by atoms with Crippen LogP contribution in [0.5, 0.6) is 0 Å². The summed E-state index contributed by atoms with van der Waals surface area (Å²) < 4.78 is 0. The number of nitrogens with two attached hydrogens (primary N) is 1. The van der Waals surface area contributed by atoms with Gasteiger partial charge in [0.1, 0.15) is 0 Å². The van der Waals surface area contributed by atoms with E-state index in [4.69, 9.17) is 5.73 Å². The molecule has 2 N–H and O–H groups in total. The monoisotopic (exact) mass is 232 g/mol. The van der Waals surface area contributed by atoms with Crippen molar-refractivity contribution in [2.45, 2.75) is 33.4 Å². The van der Waals surface area contributed by atoms with Crippen LogP contribution in [-0.4, -0.2) is 23.4 Å². The fraction of sp³-hybridized carbons (Fsp3) is 0.500. The van der Waals surface area contributed by atoms with Gasteiger partial charge in [-0.05, 0) is 17.0 Å². The molecule has 1 unspecified atom stereocenters. The first-order valence-corrected chi connectivity index (χ1v) is 6.02. The van der Waals surface area contributed by atoms with E-state index in [1.165, 1.54) is 0 Å².